The lowest BCUT2D eigenvalue weighted by Crippen LogP contribution is -2.30. The first-order valence-electron chi connectivity index (χ1n) is 7.89. The summed E-state index contributed by atoms with van der Waals surface area (Å²) in [7, 11) is -2.59. The van der Waals surface area contributed by atoms with Crippen molar-refractivity contribution < 1.29 is 17.9 Å². The number of rotatable bonds is 6. The molecule has 3 rings (SSSR count). The summed E-state index contributed by atoms with van der Waals surface area (Å²) in [6, 6.07) is 9.62. The van der Waals surface area contributed by atoms with Crippen LogP contribution in [0.5, 0.6) is 0 Å². The summed E-state index contributed by atoms with van der Waals surface area (Å²) < 4.78 is 33.4. The molecule has 0 aliphatic carbocycles. The monoisotopic (exact) mass is 390 g/mol. The first-order chi connectivity index (χ1) is 12.4. The first-order valence-corrected chi connectivity index (χ1v) is 10.3. The summed E-state index contributed by atoms with van der Waals surface area (Å²) in [5, 5.41) is 2.38. The molecule has 26 heavy (non-hydrogen) atoms. The van der Waals surface area contributed by atoms with Gasteiger partial charge in [0.15, 0.2) is 0 Å². The average Bonchev–Trinajstić information content (AvgIpc) is 3.16. The Morgan fingerprint density at radius 1 is 1.27 bits per heavy atom. The van der Waals surface area contributed by atoms with Gasteiger partial charge in [0.05, 0.1) is 30.0 Å². The van der Waals surface area contributed by atoms with Gasteiger partial charge in [-0.2, -0.15) is 0 Å². The number of esters is 1. The van der Waals surface area contributed by atoms with E-state index in [1.165, 1.54) is 18.4 Å². The Morgan fingerprint density at radius 2 is 2.08 bits per heavy atom. The molecular formula is C18H18N2O4S2. The number of aromatic nitrogens is 1. The van der Waals surface area contributed by atoms with Crippen LogP contribution in [0, 0.1) is 6.92 Å². The molecule has 1 atom stereocenters. The van der Waals surface area contributed by atoms with Crippen LogP contribution in [0.4, 0.5) is 0 Å². The maximum Gasteiger partial charge on any atom is 0.307 e. The van der Waals surface area contributed by atoms with Crippen LogP contribution in [0.2, 0.25) is 0 Å². The van der Waals surface area contributed by atoms with Crippen LogP contribution in [0.25, 0.3) is 10.9 Å². The minimum atomic E-state index is -3.87. The van der Waals surface area contributed by atoms with Gasteiger partial charge in [0.25, 0.3) is 0 Å². The standard InChI is InChI=1S/C18H18N2O4S2/c1-12-7-8-16(13-5-3-9-19-18(12)13)26(22,23)20-14(11-17(21)24-2)15-6-4-10-25-15/h3-10,14,20H,11H2,1-2H3. The van der Waals surface area contributed by atoms with Crippen molar-refractivity contribution in [2.45, 2.75) is 24.3 Å². The summed E-state index contributed by atoms with van der Waals surface area (Å²) in [5.74, 6) is -0.485. The summed E-state index contributed by atoms with van der Waals surface area (Å²) in [5.41, 5.74) is 1.53. The van der Waals surface area contributed by atoms with Crippen LogP contribution >= 0.6 is 11.3 Å². The fraction of sp³-hybridized carbons (Fsp3) is 0.222. The van der Waals surface area contributed by atoms with Crippen LogP contribution < -0.4 is 4.72 Å². The lowest BCUT2D eigenvalue weighted by atomic mass is 10.1. The van der Waals surface area contributed by atoms with Crippen molar-refractivity contribution in [1.82, 2.24) is 9.71 Å². The molecule has 8 heteroatoms. The van der Waals surface area contributed by atoms with Crippen LogP contribution in [-0.2, 0) is 19.6 Å². The lowest BCUT2D eigenvalue weighted by Gasteiger charge is -2.17. The Bertz CT molecular complexity index is 1030. The predicted octanol–water partition coefficient (Wildman–Crippen LogP) is 3.19. The highest BCUT2D eigenvalue weighted by Crippen LogP contribution is 2.28. The van der Waals surface area contributed by atoms with Crippen LogP contribution in [-0.4, -0.2) is 26.5 Å². The molecular weight excluding hydrogens is 372 g/mol. The normalized spacial score (nSPS) is 12.8. The Balaban J connectivity index is 2.02. The zero-order valence-corrected chi connectivity index (χ0v) is 15.9. The van der Waals surface area contributed by atoms with Gasteiger partial charge in [-0.3, -0.25) is 9.78 Å². The molecule has 0 radical (unpaired) electrons. The number of carbonyl (C=O) groups excluding carboxylic acids is 1. The summed E-state index contributed by atoms with van der Waals surface area (Å²) >= 11 is 1.38. The molecule has 2 heterocycles. The van der Waals surface area contributed by atoms with E-state index in [0.717, 1.165) is 10.4 Å². The van der Waals surface area contributed by atoms with Crippen molar-refractivity contribution in [3.63, 3.8) is 0 Å². The van der Waals surface area contributed by atoms with Crippen molar-refractivity contribution in [3.05, 3.63) is 58.4 Å². The molecule has 0 bridgehead atoms. The highest BCUT2D eigenvalue weighted by atomic mass is 32.2. The third-order valence-corrected chi connectivity index (χ3v) is 6.52. The molecule has 0 saturated heterocycles. The molecule has 1 aromatic carbocycles. The highest BCUT2D eigenvalue weighted by Gasteiger charge is 2.26. The van der Waals surface area contributed by atoms with E-state index in [-0.39, 0.29) is 11.3 Å². The molecule has 3 aromatic rings. The Labute approximate surface area is 155 Å². The van der Waals surface area contributed by atoms with E-state index in [4.69, 9.17) is 4.74 Å². The number of ether oxygens (including phenoxy) is 1. The fourth-order valence-electron chi connectivity index (χ4n) is 2.71. The number of fused-ring (bicyclic) bond motifs is 1. The van der Waals surface area contributed by atoms with E-state index in [2.05, 4.69) is 9.71 Å². The van der Waals surface area contributed by atoms with E-state index < -0.39 is 22.0 Å². The molecule has 0 aliphatic rings. The van der Waals surface area contributed by atoms with Crippen molar-refractivity contribution in [2.75, 3.05) is 7.11 Å². The quantitative estimate of drug-likeness (QED) is 0.654. The van der Waals surface area contributed by atoms with Gasteiger partial charge in [0.2, 0.25) is 10.0 Å². The van der Waals surface area contributed by atoms with Gasteiger partial charge in [-0.25, -0.2) is 13.1 Å². The van der Waals surface area contributed by atoms with E-state index in [9.17, 15) is 13.2 Å². The molecule has 1 N–H and O–H groups in total. The van der Waals surface area contributed by atoms with Crippen LogP contribution in [0.15, 0.2) is 52.9 Å². The smallest absolute Gasteiger partial charge is 0.307 e. The number of nitrogens with zero attached hydrogens (tertiary/aromatic N) is 1. The second-order valence-corrected chi connectivity index (χ2v) is 8.41. The zero-order chi connectivity index (χ0) is 18.7. The van der Waals surface area contributed by atoms with Gasteiger partial charge < -0.3 is 4.74 Å². The van der Waals surface area contributed by atoms with Crippen molar-refractivity contribution in [3.8, 4) is 0 Å². The van der Waals surface area contributed by atoms with Gasteiger partial charge in [-0.1, -0.05) is 12.1 Å². The number of hydrogen-bond donors (Lipinski definition) is 1. The van der Waals surface area contributed by atoms with Gasteiger partial charge in [0, 0.05) is 16.5 Å². The minimum absolute atomic E-state index is 0.0850. The summed E-state index contributed by atoms with van der Waals surface area (Å²) in [6.07, 6.45) is 1.54. The number of thiophene rings is 1. The van der Waals surface area contributed by atoms with Crippen LogP contribution in [0.3, 0.4) is 0 Å². The Kier molecular flexibility index (Phi) is 5.36. The molecule has 0 amide bonds. The van der Waals surface area contributed by atoms with E-state index in [1.54, 1.807) is 36.5 Å². The van der Waals surface area contributed by atoms with Crippen molar-refractivity contribution >= 4 is 38.2 Å². The van der Waals surface area contributed by atoms with Gasteiger partial charge in [-0.15, -0.1) is 11.3 Å². The number of sulfonamides is 1. The minimum Gasteiger partial charge on any atom is -0.469 e. The SMILES string of the molecule is COC(=O)CC(NS(=O)(=O)c1ccc(C)c2ncccc12)c1cccs1. The number of methoxy groups -OCH3 is 1. The third kappa shape index (κ3) is 3.77. The van der Waals surface area contributed by atoms with E-state index in [1.807, 2.05) is 18.4 Å². The number of hydrogen-bond acceptors (Lipinski definition) is 6. The molecule has 0 aliphatic heterocycles. The number of nitrogens with one attached hydrogen (secondary N) is 1. The summed E-state index contributed by atoms with van der Waals surface area (Å²) in [6.45, 7) is 1.88. The zero-order valence-electron chi connectivity index (χ0n) is 14.3. The highest BCUT2D eigenvalue weighted by molar-refractivity contribution is 7.89. The molecule has 6 nitrogen and oxygen atoms in total. The maximum atomic E-state index is 13.0. The van der Waals surface area contributed by atoms with E-state index >= 15 is 0 Å². The third-order valence-electron chi connectivity index (χ3n) is 4.00. The molecule has 1 unspecified atom stereocenters. The van der Waals surface area contributed by atoms with Crippen LogP contribution in [0.1, 0.15) is 22.9 Å². The van der Waals surface area contributed by atoms with Gasteiger partial charge in [-0.05, 0) is 42.1 Å². The fourth-order valence-corrected chi connectivity index (χ4v) is 4.98. The summed E-state index contributed by atoms with van der Waals surface area (Å²) in [4.78, 5) is 16.9. The number of benzene rings is 1. The number of carbonyl (C=O) groups is 1. The largest absolute Gasteiger partial charge is 0.469 e. The number of aryl methyl sites for hydroxylation is 1. The molecule has 136 valence electrons. The second-order valence-electron chi connectivity index (χ2n) is 5.75. The van der Waals surface area contributed by atoms with Crippen molar-refractivity contribution in [2.24, 2.45) is 0 Å². The molecule has 2 aromatic heterocycles. The maximum absolute atomic E-state index is 13.0. The van der Waals surface area contributed by atoms with E-state index in [0.29, 0.717) is 10.9 Å². The first kappa shape index (κ1) is 18.5. The van der Waals surface area contributed by atoms with Gasteiger partial charge in [0.1, 0.15) is 0 Å². The lowest BCUT2D eigenvalue weighted by molar-refractivity contribution is -0.141. The predicted molar refractivity (Wildman–Crippen MR) is 100 cm³/mol. The van der Waals surface area contributed by atoms with Crippen molar-refractivity contribution in [1.29, 1.82) is 0 Å². The molecule has 0 spiro atoms. The molecule has 0 fully saturated rings. The Hall–Kier alpha value is -2.29. The average molecular weight is 390 g/mol. The number of pyridine rings is 1. The van der Waals surface area contributed by atoms with Gasteiger partial charge >= 0.3 is 5.97 Å². The topological polar surface area (TPSA) is 85.4 Å². The Morgan fingerprint density at radius 3 is 2.77 bits per heavy atom. The molecule has 0 saturated carbocycles. The second kappa shape index (κ2) is 7.53.